The van der Waals surface area contributed by atoms with Crippen LogP contribution in [0.4, 0.5) is 10.8 Å². The predicted molar refractivity (Wildman–Crippen MR) is 111 cm³/mol. The minimum absolute atomic E-state index is 0.0695. The van der Waals surface area contributed by atoms with Crippen molar-refractivity contribution in [2.75, 3.05) is 19.0 Å². The largest absolute Gasteiger partial charge is 0.495 e. The average molecular weight is 407 g/mol. The molecule has 6 nitrogen and oxygen atoms in total. The van der Waals surface area contributed by atoms with Gasteiger partial charge in [-0.15, -0.1) is 10.2 Å². The third-order valence-corrected chi connectivity index (χ3v) is 6.71. The molecule has 1 heterocycles. The van der Waals surface area contributed by atoms with Gasteiger partial charge in [0.2, 0.25) is 11.0 Å². The number of anilines is 2. The Hall–Kier alpha value is -1.80. The number of aromatic nitrogens is 2. The van der Waals surface area contributed by atoms with Crippen molar-refractivity contribution in [3.63, 3.8) is 0 Å². The Morgan fingerprint density at radius 3 is 2.85 bits per heavy atom. The summed E-state index contributed by atoms with van der Waals surface area (Å²) in [5, 5.41) is 15.2. The number of carbonyl (C=O) groups is 1. The molecule has 1 aliphatic carbocycles. The van der Waals surface area contributed by atoms with Crippen LogP contribution in [0, 0.1) is 5.92 Å². The molecule has 2 N–H and O–H groups in total. The summed E-state index contributed by atoms with van der Waals surface area (Å²) in [5.41, 5.74) is 0.839. The summed E-state index contributed by atoms with van der Waals surface area (Å²) in [6.45, 7) is 2.70. The molecule has 2 aromatic rings. The molecule has 0 radical (unpaired) electrons. The fourth-order valence-electron chi connectivity index (χ4n) is 3.16. The van der Waals surface area contributed by atoms with Crippen LogP contribution in [-0.4, -0.2) is 35.0 Å². The summed E-state index contributed by atoms with van der Waals surface area (Å²) in [4.78, 5) is 12.4. The van der Waals surface area contributed by atoms with Crippen LogP contribution in [0.1, 0.15) is 39.0 Å². The van der Waals surface area contributed by atoms with E-state index in [9.17, 15) is 4.79 Å². The number of amides is 1. The number of para-hydroxylation sites is 2. The molecule has 1 amide bonds. The summed E-state index contributed by atoms with van der Waals surface area (Å²) in [6, 6.07) is 7.66. The van der Waals surface area contributed by atoms with Gasteiger partial charge >= 0.3 is 0 Å². The number of rotatable bonds is 8. The molecule has 0 saturated heterocycles. The van der Waals surface area contributed by atoms with E-state index < -0.39 is 0 Å². The molecule has 1 atom stereocenters. The van der Waals surface area contributed by atoms with E-state index in [-0.39, 0.29) is 11.2 Å². The zero-order valence-corrected chi connectivity index (χ0v) is 17.4. The van der Waals surface area contributed by atoms with Crippen LogP contribution in [0.25, 0.3) is 0 Å². The predicted octanol–water partition coefficient (Wildman–Crippen LogP) is 4.47. The molecule has 0 unspecified atom stereocenters. The van der Waals surface area contributed by atoms with Crippen molar-refractivity contribution in [2.45, 2.75) is 48.6 Å². The first-order chi connectivity index (χ1) is 13.2. The lowest BCUT2D eigenvalue weighted by molar-refractivity contribution is -0.120. The monoisotopic (exact) mass is 406 g/mol. The Morgan fingerprint density at radius 1 is 1.30 bits per heavy atom. The molecule has 1 aromatic carbocycles. The molecule has 1 fully saturated rings. The second-order valence-corrected chi connectivity index (χ2v) is 9.27. The number of thioether (sulfide) groups is 1. The second-order valence-electron chi connectivity index (χ2n) is 6.71. The van der Waals surface area contributed by atoms with Crippen LogP contribution in [0.2, 0.25) is 0 Å². The summed E-state index contributed by atoms with van der Waals surface area (Å²) in [5.74, 6) is 1.45. The fourth-order valence-corrected chi connectivity index (χ4v) is 5.09. The molecule has 3 rings (SSSR count). The Labute approximate surface area is 168 Å². The van der Waals surface area contributed by atoms with E-state index in [1.54, 1.807) is 7.11 Å². The molecule has 1 aromatic heterocycles. The van der Waals surface area contributed by atoms with Gasteiger partial charge in [0.25, 0.3) is 0 Å². The Morgan fingerprint density at radius 2 is 2.07 bits per heavy atom. The van der Waals surface area contributed by atoms with Crippen LogP contribution >= 0.6 is 23.1 Å². The summed E-state index contributed by atoms with van der Waals surface area (Å²) in [6.07, 6.45) is 6.38. The molecule has 0 aliphatic heterocycles. The molecule has 1 saturated carbocycles. The molecule has 0 spiro atoms. The number of hydrogen-bond donors (Lipinski definition) is 2. The summed E-state index contributed by atoms with van der Waals surface area (Å²) in [7, 11) is 1.63. The smallest absolute Gasteiger partial charge is 0.233 e. The molecule has 1 aliphatic rings. The molecule has 8 heteroatoms. The Balaban J connectivity index is 1.49. The van der Waals surface area contributed by atoms with Crippen molar-refractivity contribution in [1.82, 2.24) is 15.5 Å². The third kappa shape index (κ3) is 5.84. The van der Waals surface area contributed by atoms with E-state index in [0.717, 1.165) is 22.3 Å². The lowest BCUT2D eigenvalue weighted by Gasteiger charge is -2.22. The first kappa shape index (κ1) is 19.9. The molecular formula is C19H26N4O2S2. The van der Waals surface area contributed by atoms with E-state index in [4.69, 9.17) is 4.74 Å². The molecule has 0 bridgehead atoms. The van der Waals surface area contributed by atoms with Crippen LogP contribution in [-0.2, 0) is 4.79 Å². The van der Waals surface area contributed by atoms with E-state index >= 15 is 0 Å². The van der Waals surface area contributed by atoms with E-state index in [2.05, 4.69) is 20.8 Å². The van der Waals surface area contributed by atoms with Gasteiger partial charge in [0, 0.05) is 6.54 Å². The van der Waals surface area contributed by atoms with Gasteiger partial charge in [0.05, 0.1) is 18.0 Å². The van der Waals surface area contributed by atoms with Crippen molar-refractivity contribution >= 4 is 39.8 Å². The van der Waals surface area contributed by atoms with Gasteiger partial charge in [0.1, 0.15) is 5.75 Å². The van der Waals surface area contributed by atoms with Gasteiger partial charge < -0.3 is 15.4 Å². The van der Waals surface area contributed by atoms with Crippen LogP contribution in [0.15, 0.2) is 28.6 Å². The third-order valence-electron chi connectivity index (χ3n) is 4.69. The van der Waals surface area contributed by atoms with Crippen LogP contribution in [0.5, 0.6) is 5.75 Å². The maximum absolute atomic E-state index is 12.4. The van der Waals surface area contributed by atoms with Gasteiger partial charge in [0.15, 0.2) is 4.34 Å². The maximum atomic E-state index is 12.4. The highest BCUT2D eigenvalue weighted by Gasteiger charge is 2.20. The standard InChI is InChI=1S/C19H26N4O2S2/c1-13(17(24)20-12-14-8-4-3-5-9-14)26-19-23-22-18(27-19)21-15-10-6-7-11-16(15)25-2/h6-7,10-11,13-14H,3-5,8-9,12H2,1-2H3,(H,20,24)(H,21,22)/t13-/m1/s1. The Kier molecular flexibility index (Phi) is 7.34. The highest BCUT2D eigenvalue weighted by Crippen LogP contribution is 2.33. The minimum atomic E-state index is -0.194. The summed E-state index contributed by atoms with van der Waals surface area (Å²) < 4.78 is 6.10. The number of ether oxygens (including phenoxy) is 1. The fraction of sp³-hybridized carbons (Fsp3) is 0.526. The topological polar surface area (TPSA) is 76.1 Å². The van der Waals surface area contributed by atoms with Gasteiger partial charge in [-0.25, -0.2) is 0 Å². The van der Waals surface area contributed by atoms with Crippen molar-refractivity contribution in [3.05, 3.63) is 24.3 Å². The average Bonchev–Trinajstić information content (AvgIpc) is 3.14. The van der Waals surface area contributed by atoms with Crippen molar-refractivity contribution < 1.29 is 9.53 Å². The zero-order valence-electron chi connectivity index (χ0n) is 15.7. The summed E-state index contributed by atoms with van der Waals surface area (Å²) >= 11 is 2.87. The highest BCUT2D eigenvalue weighted by molar-refractivity contribution is 8.02. The maximum Gasteiger partial charge on any atom is 0.233 e. The first-order valence-electron chi connectivity index (χ1n) is 9.33. The van der Waals surface area contributed by atoms with Gasteiger partial charge in [-0.2, -0.15) is 0 Å². The Bertz CT molecular complexity index is 747. The molecule has 146 valence electrons. The quantitative estimate of drug-likeness (QED) is 0.630. The second kappa shape index (κ2) is 9.94. The van der Waals surface area contributed by atoms with E-state index in [1.807, 2.05) is 31.2 Å². The van der Waals surface area contributed by atoms with Gasteiger partial charge in [-0.3, -0.25) is 4.79 Å². The highest BCUT2D eigenvalue weighted by atomic mass is 32.2. The number of methoxy groups -OCH3 is 1. The van der Waals surface area contributed by atoms with Crippen molar-refractivity contribution in [3.8, 4) is 5.75 Å². The number of nitrogens with one attached hydrogen (secondary N) is 2. The number of carbonyl (C=O) groups excluding carboxylic acids is 1. The number of hydrogen-bond acceptors (Lipinski definition) is 7. The van der Waals surface area contributed by atoms with E-state index in [0.29, 0.717) is 11.0 Å². The van der Waals surface area contributed by atoms with Gasteiger partial charge in [-0.05, 0) is 37.8 Å². The van der Waals surface area contributed by atoms with Crippen molar-refractivity contribution in [1.29, 1.82) is 0 Å². The van der Waals surface area contributed by atoms with Gasteiger partial charge in [-0.1, -0.05) is 54.5 Å². The number of benzene rings is 1. The minimum Gasteiger partial charge on any atom is -0.495 e. The lowest BCUT2D eigenvalue weighted by atomic mass is 9.89. The van der Waals surface area contributed by atoms with E-state index in [1.165, 1.54) is 55.2 Å². The SMILES string of the molecule is COc1ccccc1Nc1nnc(S[C@H](C)C(=O)NCC2CCCCC2)s1. The van der Waals surface area contributed by atoms with Crippen LogP contribution in [0.3, 0.4) is 0 Å². The lowest BCUT2D eigenvalue weighted by Crippen LogP contribution is -2.35. The zero-order chi connectivity index (χ0) is 19.1. The van der Waals surface area contributed by atoms with Crippen molar-refractivity contribution in [2.24, 2.45) is 5.92 Å². The number of nitrogens with zero attached hydrogens (tertiary/aromatic N) is 2. The first-order valence-corrected chi connectivity index (χ1v) is 11.0. The molecular weight excluding hydrogens is 380 g/mol. The normalized spacial score (nSPS) is 15.9. The molecule has 27 heavy (non-hydrogen) atoms. The van der Waals surface area contributed by atoms with Crippen LogP contribution < -0.4 is 15.4 Å².